The lowest BCUT2D eigenvalue weighted by atomic mass is 10.0. The molecule has 0 amide bonds. The molecule has 70 valence electrons. The zero-order valence-corrected chi connectivity index (χ0v) is 8.18. The second kappa shape index (κ2) is 4.61. The molecule has 0 aromatic heterocycles. The van der Waals surface area contributed by atoms with Crippen molar-refractivity contribution >= 4 is 5.78 Å². The third-order valence-electron chi connectivity index (χ3n) is 2.83. The fourth-order valence-corrected chi connectivity index (χ4v) is 1.73. The first-order chi connectivity index (χ1) is 5.74. The zero-order chi connectivity index (χ0) is 8.97. The number of rotatable bonds is 4. The lowest BCUT2D eigenvalue weighted by molar-refractivity contribution is -0.120. The van der Waals surface area contributed by atoms with Crippen LogP contribution in [-0.4, -0.2) is 30.8 Å². The zero-order valence-electron chi connectivity index (χ0n) is 8.18. The van der Waals surface area contributed by atoms with Crippen molar-refractivity contribution in [2.75, 3.05) is 20.1 Å². The predicted molar refractivity (Wildman–Crippen MR) is 50.1 cm³/mol. The largest absolute Gasteiger partial charge is 0.307 e. The van der Waals surface area contributed by atoms with E-state index in [4.69, 9.17) is 0 Å². The van der Waals surface area contributed by atoms with Gasteiger partial charge in [-0.2, -0.15) is 0 Å². The van der Waals surface area contributed by atoms with Crippen LogP contribution in [0.5, 0.6) is 0 Å². The summed E-state index contributed by atoms with van der Waals surface area (Å²) in [5.41, 5.74) is 0. The maximum Gasteiger partial charge on any atom is 0.136 e. The number of ketones is 1. The Balaban J connectivity index is 2.18. The van der Waals surface area contributed by atoms with Crippen LogP contribution in [0.15, 0.2) is 0 Å². The monoisotopic (exact) mass is 169 g/mol. The minimum atomic E-state index is 0.388. The van der Waals surface area contributed by atoms with E-state index in [1.54, 1.807) is 0 Å². The van der Waals surface area contributed by atoms with Crippen molar-refractivity contribution in [1.82, 2.24) is 4.90 Å². The molecule has 2 heteroatoms. The van der Waals surface area contributed by atoms with Crippen LogP contribution in [0, 0.1) is 5.92 Å². The van der Waals surface area contributed by atoms with E-state index < -0.39 is 0 Å². The second-order valence-electron chi connectivity index (χ2n) is 3.74. The van der Waals surface area contributed by atoms with Gasteiger partial charge in [0.2, 0.25) is 0 Å². The van der Waals surface area contributed by atoms with Gasteiger partial charge in [-0.15, -0.1) is 0 Å². The molecule has 0 saturated heterocycles. The first-order valence-electron chi connectivity index (χ1n) is 4.95. The first-order valence-corrected chi connectivity index (χ1v) is 4.95. The summed E-state index contributed by atoms with van der Waals surface area (Å²) in [4.78, 5) is 13.5. The highest BCUT2D eigenvalue weighted by atomic mass is 16.1. The average molecular weight is 169 g/mol. The van der Waals surface area contributed by atoms with Crippen molar-refractivity contribution in [2.24, 2.45) is 5.92 Å². The fraction of sp³-hybridized carbons (Fsp3) is 0.900. The van der Waals surface area contributed by atoms with Crippen LogP contribution >= 0.6 is 0 Å². The van der Waals surface area contributed by atoms with Crippen LogP contribution in [0.4, 0.5) is 0 Å². The van der Waals surface area contributed by atoms with Gasteiger partial charge in [-0.3, -0.25) is 4.79 Å². The first kappa shape index (κ1) is 9.72. The Hall–Kier alpha value is -0.370. The highest BCUT2D eigenvalue weighted by Crippen LogP contribution is 2.24. The molecule has 1 atom stereocenters. The van der Waals surface area contributed by atoms with Gasteiger partial charge >= 0.3 is 0 Å². The lowest BCUT2D eigenvalue weighted by Gasteiger charge is -2.15. The summed E-state index contributed by atoms with van der Waals surface area (Å²) in [6, 6.07) is 0. The van der Waals surface area contributed by atoms with Crippen LogP contribution in [0.2, 0.25) is 0 Å². The van der Waals surface area contributed by atoms with Crippen LogP contribution in [-0.2, 0) is 4.79 Å². The van der Waals surface area contributed by atoms with Gasteiger partial charge in [0.25, 0.3) is 0 Å². The topological polar surface area (TPSA) is 20.3 Å². The summed E-state index contributed by atoms with van der Waals surface area (Å²) >= 11 is 0. The number of carbonyl (C=O) groups is 1. The normalized spacial score (nSPS) is 23.9. The Bertz CT molecular complexity index is 156. The van der Waals surface area contributed by atoms with Crippen molar-refractivity contribution in [3.63, 3.8) is 0 Å². The van der Waals surface area contributed by atoms with Gasteiger partial charge < -0.3 is 4.90 Å². The maximum atomic E-state index is 11.3. The highest BCUT2D eigenvalue weighted by molar-refractivity contribution is 5.82. The molecule has 0 radical (unpaired) electrons. The number of hydrogen-bond acceptors (Lipinski definition) is 2. The van der Waals surface area contributed by atoms with Gasteiger partial charge in [-0.1, -0.05) is 6.92 Å². The smallest absolute Gasteiger partial charge is 0.136 e. The van der Waals surface area contributed by atoms with Gasteiger partial charge in [0, 0.05) is 12.3 Å². The van der Waals surface area contributed by atoms with Crippen molar-refractivity contribution < 1.29 is 4.79 Å². The van der Waals surface area contributed by atoms with E-state index in [9.17, 15) is 4.79 Å². The molecule has 0 aliphatic heterocycles. The van der Waals surface area contributed by atoms with Crippen LogP contribution in [0.25, 0.3) is 0 Å². The number of hydrogen-bond donors (Lipinski definition) is 0. The molecule has 1 rings (SSSR count). The van der Waals surface area contributed by atoms with E-state index >= 15 is 0 Å². The summed E-state index contributed by atoms with van der Waals surface area (Å²) in [5.74, 6) is 0.888. The number of Topliss-reactive ketones (excluding diaryl/α,β-unsaturated/α-hetero) is 1. The molecular formula is C10H19NO. The Labute approximate surface area is 74.9 Å². The minimum absolute atomic E-state index is 0.388. The average Bonchev–Trinajstić information content (AvgIpc) is 2.47. The van der Waals surface area contributed by atoms with E-state index in [1.807, 2.05) is 0 Å². The molecule has 2 nitrogen and oxygen atoms in total. The third kappa shape index (κ3) is 2.59. The van der Waals surface area contributed by atoms with Crippen molar-refractivity contribution in [1.29, 1.82) is 0 Å². The quantitative estimate of drug-likeness (QED) is 0.638. The fourth-order valence-electron chi connectivity index (χ4n) is 1.73. The standard InChI is InChI=1S/C10H19NO/c1-3-11(2)8-7-9-5-4-6-10(9)12/h9H,3-8H2,1-2H3. The summed E-state index contributed by atoms with van der Waals surface area (Å²) in [5, 5.41) is 0. The molecule has 0 bridgehead atoms. The summed E-state index contributed by atoms with van der Waals surface area (Å²) in [7, 11) is 2.11. The second-order valence-corrected chi connectivity index (χ2v) is 3.74. The van der Waals surface area contributed by atoms with Gasteiger partial charge in [0.05, 0.1) is 0 Å². The van der Waals surface area contributed by atoms with E-state index in [0.29, 0.717) is 11.7 Å². The molecule has 12 heavy (non-hydrogen) atoms. The highest BCUT2D eigenvalue weighted by Gasteiger charge is 2.23. The van der Waals surface area contributed by atoms with Gasteiger partial charge in [-0.05, 0) is 39.4 Å². The van der Waals surface area contributed by atoms with Gasteiger partial charge in [0.1, 0.15) is 5.78 Å². The van der Waals surface area contributed by atoms with Gasteiger partial charge in [0.15, 0.2) is 0 Å². The summed E-state index contributed by atoms with van der Waals surface area (Å²) in [6.07, 6.45) is 4.17. The Kier molecular flexibility index (Phi) is 3.73. The number of nitrogens with zero attached hydrogens (tertiary/aromatic N) is 1. The van der Waals surface area contributed by atoms with Crippen LogP contribution in [0.3, 0.4) is 0 Å². The van der Waals surface area contributed by atoms with Crippen molar-refractivity contribution in [3.8, 4) is 0 Å². The lowest BCUT2D eigenvalue weighted by Crippen LogP contribution is -2.22. The Morgan fingerprint density at radius 3 is 2.83 bits per heavy atom. The molecule has 1 unspecified atom stereocenters. The molecule has 0 heterocycles. The van der Waals surface area contributed by atoms with E-state index in [-0.39, 0.29) is 0 Å². The maximum absolute atomic E-state index is 11.3. The van der Waals surface area contributed by atoms with Crippen LogP contribution in [0.1, 0.15) is 32.6 Å². The van der Waals surface area contributed by atoms with E-state index in [1.165, 1.54) is 0 Å². The van der Waals surface area contributed by atoms with E-state index in [2.05, 4.69) is 18.9 Å². The molecule has 1 aliphatic rings. The van der Waals surface area contributed by atoms with E-state index in [0.717, 1.165) is 38.8 Å². The molecule has 0 aromatic rings. The summed E-state index contributed by atoms with van der Waals surface area (Å²) in [6.45, 7) is 4.31. The molecular weight excluding hydrogens is 150 g/mol. The Morgan fingerprint density at radius 1 is 1.58 bits per heavy atom. The van der Waals surface area contributed by atoms with Gasteiger partial charge in [-0.25, -0.2) is 0 Å². The predicted octanol–water partition coefficient (Wildman–Crippen LogP) is 1.70. The molecule has 0 spiro atoms. The third-order valence-corrected chi connectivity index (χ3v) is 2.83. The molecule has 0 N–H and O–H groups in total. The molecule has 1 aliphatic carbocycles. The summed E-state index contributed by atoms with van der Waals surface area (Å²) < 4.78 is 0. The number of carbonyl (C=O) groups excluding carboxylic acids is 1. The molecule has 0 aromatic carbocycles. The SMILES string of the molecule is CCN(C)CCC1CCCC1=O. The van der Waals surface area contributed by atoms with Crippen molar-refractivity contribution in [3.05, 3.63) is 0 Å². The minimum Gasteiger partial charge on any atom is -0.307 e. The molecule has 1 fully saturated rings. The van der Waals surface area contributed by atoms with Crippen molar-refractivity contribution in [2.45, 2.75) is 32.6 Å². The Morgan fingerprint density at radius 2 is 2.33 bits per heavy atom. The molecule has 1 saturated carbocycles. The van der Waals surface area contributed by atoms with Crippen LogP contribution < -0.4 is 0 Å².